The second-order valence-corrected chi connectivity index (χ2v) is 2.90. The second-order valence-electron chi connectivity index (χ2n) is 2.90. The zero-order valence-corrected chi connectivity index (χ0v) is 9.70. The molecule has 0 aliphatic carbocycles. The van der Waals surface area contributed by atoms with E-state index in [4.69, 9.17) is 14.2 Å². The van der Waals surface area contributed by atoms with Crippen LogP contribution in [0, 0.1) is 0 Å². The maximum absolute atomic E-state index is 11.5. The lowest BCUT2D eigenvalue weighted by atomic mass is 10.1. The van der Waals surface area contributed by atoms with Crippen molar-refractivity contribution in [3.63, 3.8) is 0 Å². The van der Waals surface area contributed by atoms with E-state index in [-0.39, 0.29) is 0 Å². The van der Waals surface area contributed by atoms with E-state index in [9.17, 15) is 4.79 Å². The summed E-state index contributed by atoms with van der Waals surface area (Å²) in [6, 6.07) is 3.09. The fourth-order valence-corrected chi connectivity index (χ4v) is 1.30. The highest BCUT2D eigenvalue weighted by Gasteiger charge is 2.17. The normalized spacial score (nSPS) is 9.50. The first-order valence-corrected chi connectivity index (χ1v) is 4.56. The highest BCUT2D eigenvalue weighted by atomic mass is 16.5. The van der Waals surface area contributed by atoms with Crippen LogP contribution < -0.4 is 14.2 Å². The van der Waals surface area contributed by atoms with Crippen LogP contribution in [-0.4, -0.2) is 34.4 Å². The van der Waals surface area contributed by atoms with Gasteiger partial charge in [0.25, 0.3) is 0 Å². The minimum atomic E-state index is -0.488. The van der Waals surface area contributed by atoms with Crippen molar-refractivity contribution in [2.45, 2.75) is 0 Å². The van der Waals surface area contributed by atoms with Crippen LogP contribution in [0.2, 0.25) is 0 Å². The van der Waals surface area contributed by atoms with Crippen LogP contribution in [-0.2, 0) is 4.74 Å². The van der Waals surface area contributed by atoms with Crippen molar-refractivity contribution in [3.05, 3.63) is 17.7 Å². The lowest BCUT2D eigenvalue weighted by Crippen LogP contribution is -2.05. The van der Waals surface area contributed by atoms with Gasteiger partial charge >= 0.3 is 5.97 Å². The molecule has 0 aliphatic heterocycles. The molecule has 1 rings (SSSR count). The summed E-state index contributed by atoms with van der Waals surface area (Å²) in [5.74, 6) is 0.831. The van der Waals surface area contributed by atoms with Gasteiger partial charge in [-0.3, -0.25) is 0 Å². The van der Waals surface area contributed by atoms with Gasteiger partial charge in [0.2, 0.25) is 0 Å². The van der Waals surface area contributed by atoms with Crippen LogP contribution in [0.25, 0.3) is 0 Å². The SMILES string of the molecule is COC(=O)c1cc(OC)c(OC)cc1OC. The number of rotatable bonds is 4. The van der Waals surface area contributed by atoms with Gasteiger partial charge in [0.15, 0.2) is 11.5 Å². The number of esters is 1. The molecule has 0 heterocycles. The first-order chi connectivity index (χ1) is 7.67. The molecule has 88 valence electrons. The Morgan fingerprint density at radius 2 is 1.38 bits per heavy atom. The fraction of sp³-hybridized carbons (Fsp3) is 0.364. The number of hydrogen-bond donors (Lipinski definition) is 0. The maximum Gasteiger partial charge on any atom is 0.341 e. The summed E-state index contributed by atoms with van der Waals surface area (Å²) in [7, 11) is 5.77. The van der Waals surface area contributed by atoms with E-state index in [1.165, 1.54) is 34.5 Å². The molecular weight excluding hydrogens is 212 g/mol. The van der Waals surface area contributed by atoms with Crippen molar-refractivity contribution in [1.82, 2.24) is 0 Å². The summed E-state index contributed by atoms with van der Waals surface area (Å²) >= 11 is 0. The van der Waals surface area contributed by atoms with Crippen molar-refractivity contribution in [2.24, 2.45) is 0 Å². The standard InChI is InChI=1S/C11H14O5/c1-13-8-6-10(15-3)9(14-2)5-7(8)11(12)16-4/h5-6H,1-4H3. The van der Waals surface area contributed by atoms with Gasteiger partial charge in [0.1, 0.15) is 11.3 Å². The Balaban J connectivity index is 3.31. The molecule has 0 atom stereocenters. The Morgan fingerprint density at radius 1 is 0.875 bits per heavy atom. The molecule has 5 heteroatoms. The first kappa shape index (κ1) is 12.2. The number of benzene rings is 1. The molecule has 0 fully saturated rings. The number of ether oxygens (including phenoxy) is 4. The first-order valence-electron chi connectivity index (χ1n) is 4.56. The van der Waals surface area contributed by atoms with E-state index in [0.717, 1.165) is 0 Å². The minimum absolute atomic E-state index is 0.294. The van der Waals surface area contributed by atoms with Crippen LogP contribution >= 0.6 is 0 Å². The molecule has 16 heavy (non-hydrogen) atoms. The van der Waals surface area contributed by atoms with E-state index >= 15 is 0 Å². The Kier molecular flexibility index (Phi) is 3.99. The van der Waals surface area contributed by atoms with Gasteiger partial charge in [-0.25, -0.2) is 4.79 Å². The summed E-state index contributed by atoms with van der Waals surface area (Å²) in [5, 5.41) is 0. The molecule has 0 amide bonds. The molecule has 5 nitrogen and oxygen atoms in total. The number of carbonyl (C=O) groups is 1. The van der Waals surface area contributed by atoms with Crippen LogP contribution in [0.4, 0.5) is 0 Å². The summed E-state index contributed by atoms with van der Waals surface area (Å²) in [6.45, 7) is 0. The fourth-order valence-electron chi connectivity index (χ4n) is 1.30. The molecule has 0 saturated carbocycles. The number of hydrogen-bond acceptors (Lipinski definition) is 5. The molecule has 0 aromatic heterocycles. The van der Waals surface area contributed by atoms with Gasteiger partial charge < -0.3 is 18.9 Å². The van der Waals surface area contributed by atoms with E-state index in [1.54, 1.807) is 6.07 Å². The van der Waals surface area contributed by atoms with Gasteiger partial charge in [-0.05, 0) is 0 Å². The minimum Gasteiger partial charge on any atom is -0.496 e. The molecule has 0 radical (unpaired) electrons. The molecule has 0 aliphatic rings. The average Bonchev–Trinajstić information content (AvgIpc) is 2.35. The van der Waals surface area contributed by atoms with Crippen molar-refractivity contribution in [1.29, 1.82) is 0 Å². The van der Waals surface area contributed by atoms with Gasteiger partial charge in [0.05, 0.1) is 28.4 Å². The van der Waals surface area contributed by atoms with E-state index in [2.05, 4.69) is 4.74 Å². The molecule has 0 saturated heterocycles. The Morgan fingerprint density at radius 3 is 1.81 bits per heavy atom. The molecule has 0 N–H and O–H groups in total. The summed E-state index contributed by atoms with van der Waals surface area (Å²) in [5.41, 5.74) is 0.294. The largest absolute Gasteiger partial charge is 0.496 e. The molecule has 0 spiro atoms. The predicted octanol–water partition coefficient (Wildman–Crippen LogP) is 1.50. The second kappa shape index (κ2) is 5.25. The van der Waals surface area contributed by atoms with Crippen LogP contribution in [0.1, 0.15) is 10.4 Å². The van der Waals surface area contributed by atoms with Gasteiger partial charge in [-0.2, -0.15) is 0 Å². The smallest absolute Gasteiger partial charge is 0.341 e. The zero-order valence-electron chi connectivity index (χ0n) is 9.70. The molecular formula is C11H14O5. The van der Waals surface area contributed by atoms with Gasteiger partial charge in [-0.15, -0.1) is 0 Å². The lowest BCUT2D eigenvalue weighted by Gasteiger charge is -2.12. The molecule has 0 unspecified atom stereocenters. The zero-order chi connectivity index (χ0) is 12.1. The Hall–Kier alpha value is -1.91. The van der Waals surface area contributed by atoms with Gasteiger partial charge in [-0.1, -0.05) is 0 Å². The maximum atomic E-state index is 11.5. The third-order valence-electron chi connectivity index (χ3n) is 2.11. The third-order valence-corrected chi connectivity index (χ3v) is 2.11. The van der Waals surface area contributed by atoms with Crippen molar-refractivity contribution in [3.8, 4) is 17.2 Å². The van der Waals surface area contributed by atoms with Crippen molar-refractivity contribution >= 4 is 5.97 Å². The molecule has 1 aromatic rings. The monoisotopic (exact) mass is 226 g/mol. The van der Waals surface area contributed by atoms with Crippen LogP contribution in [0.15, 0.2) is 12.1 Å². The average molecular weight is 226 g/mol. The van der Waals surface area contributed by atoms with Crippen LogP contribution in [0.3, 0.4) is 0 Å². The number of methoxy groups -OCH3 is 4. The third kappa shape index (κ3) is 2.18. The van der Waals surface area contributed by atoms with Crippen molar-refractivity contribution < 1.29 is 23.7 Å². The quantitative estimate of drug-likeness (QED) is 0.728. The topological polar surface area (TPSA) is 54.0 Å². The number of carbonyl (C=O) groups excluding carboxylic acids is 1. The summed E-state index contributed by atoms with van der Waals surface area (Å²) in [6.07, 6.45) is 0. The van der Waals surface area contributed by atoms with E-state index in [0.29, 0.717) is 22.8 Å². The summed E-state index contributed by atoms with van der Waals surface area (Å²) < 4.78 is 19.9. The van der Waals surface area contributed by atoms with Gasteiger partial charge in [0, 0.05) is 12.1 Å². The van der Waals surface area contributed by atoms with E-state index < -0.39 is 5.97 Å². The highest BCUT2D eigenvalue weighted by molar-refractivity contribution is 5.93. The van der Waals surface area contributed by atoms with E-state index in [1.807, 2.05) is 0 Å². The molecule has 1 aromatic carbocycles. The Bertz CT molecular complexity index is 386. The summed E-state index contributed by atoms with van der Waals surface area (Å²) in [4.78, 5) is 11.5. The lowest BCUT2D eigenvalue weighted by molar-refractivity contribution is 0.0596. The predicted molar refractivity (Wildman–Crippen MR) is 57.4 cm³/mol. The highest BCUT2D eigenvalue weighted by Crippen LogP contribution is 2.34. The van der Waals surface area contributed by atoms with Crippen LogP contribution in [0.5, 0.6) is 17.2 Å². The Labute approximate surface area is 93.9 Å². The molecule has 0 bridgehead atoms. The van der Waals surface area contributed by atoms with Crippen molar-refractivity contribution in [2.75, 3.05) is 28.4 Å².